The largest absolute Gasteiger partial charge is 0.494 e. The minimum Gasteiger partial charge on any atom is -0.494 e. The number of carbonyl (C=O) groups is 1. The molecule has 0 radical (unpaired) electrons. The zero-order chi connectivity index (χ0) is 17.1. The molecule has 2 aromatic rings. The summed E-state index contributed by atoms with van der Waals surface area (Å²) >= 11 is 0. The number of ether oxygens (including phenoxy) is 1. The zero-order valence-corrected chi connectivity index (χ0v) is 13.6. The number of amides is 1. The lowest BCUT2D eigenvalue weighted by Crippen LogP contribution is -2.58. The second-order valence-corrected chi connectivity index (χ2v) is 5.64. The van der Waals surface area contributed by atoms with Gasteiger partial charge in [0.2, 0.25) is 5.91 Å². The summed E-state index contributed by atoms with van der Waals surface area (Å²) in [5.41, 5.74) is 11.6. The van der Waals surface area contributed by atoms with Crippen molar-refractivity contribution in [3.8, 4) is 5.75 Å². The van der Waals surface area contributed by atoms with Crippen LogP contribution in [0.25, 0.3) is 10.4 Å². The summed E-state index contributed by atoms with van der Waals surface area (Å²) in [4.78, 5) is 16.9. The number of hydrogen-bond donors (Lipinski definition) is 0. The number of hydrogen-bond acceptors (Lipinski definition) is 3. The first-order chi connectivity index (χ1) is 11.7. The minimum atomic E-state index is -0.704. The summed E-state index contributed by atoms with van der Waals surface area (Å²) in [7, 11) is 0. The molecule has 1 fully saturated rings. The SMILES string of the molecule is CCOc1ccc(N2C(=O)[C@@H](N=[N+]=[N-])[C@H]2c2ccc(C)cc2)cc1. The molecular formula is C18H18N4O2. The van der Waals surface area contributed by atoms with Crippen LogP contribution in [0, 0.1) is 6.92 Å². The Morgan fingerprint density at radius 1 is 1.17 bits per heavy atom. The lowest BCUT2D eigenvalue weighted by atomic mass is 9.88. The molecule has 0 unspecified atom stereocenters. The molecule has 0 saturated carbocycles. The van der Waals surface area contributed by atoms with Gasteiger partial charge in [-0.2, -0.15) is 0 Å². The van der Waals surface area contributed by atoms with Crippen LogP contribution in [-0.4, -0.2) is 18.6 Å². The number of rotatable bonds is 5. The fourth-order valence-corrected chi connectivity index (χ4v) is 2.89. The zero-order valence-electron chi connectivity index (χ0n) is 13.6. The van der Waals surface area contributed by atoms with Gasteiger partial charge in [-0.25, -0.2) is 0 Å². The molecule has 1 aliphatic heterocycles. The Kier molecular flexibility index (Phi) is 4.40. The Morgan fingerprint density at radius 3 is 2.42 bits per heavy atom. The average Bonchev–Trinajstić information content (AvgIpc) is 2.60. The predicted molar refractivity (Wildman–Crippen MR) is 92.0 cm³/mol. The van der Waals surface area contributed by atoms with Gasteiger partial charge in [0, 0.05) is 10.6 Å². The first-order valence-electron chi connectivity index (χ1n) is 7.82. The molecule has 2 atom stereocenters. The minimum absolute atomic E-state index is 0.192. The van der Waals surface area contributed by atoms with Gasteiger partial charge in [-0.15, -0.1) is 0 Å². The van der Waals surface area contributed by atoms with Crippen LogP contribution in [-0.2, 0) is 4.79 Å². The van der Waals surface area contributed by atoms with E-state index in [4.69, 9.17) is 10.3 Å². The maximum absolute atomic E-state index is 12.4. The molecule has 0 spiro atoms. The topological polar surface area (TPSA) is 78.3 Å². The number of benzene rings is 2. The van der Waals surface area contributed by atoms with E-state index in [1.165, 1.54) is 0 Å². The third-order valence-corrected chi connectivity index (χ3v) is 4.09. The Labute approximate surface area is 140 Å². The summed E-state index contributed by atoms with van der Waals surface area (Å²) < 4.78 is 5.43. The summed E-state index contributed by atoms with van der Waals surface area (Å²) in [5.74, 6) is 0.565. The third-order valence-electron chi connectivity index (χ3n) is 4.09. The van der Waals surface area contributed by atoms with Gasteiger partial charge in [0.15, 0.2) is 0 Å². The van der Waals surface area contributed by atoms with E-state index in [2.05, 4.69) is 10.0 Å². The highest BCUT2D eigenvalue weighted by Gasteiger charge is 2.48. The maximum atomic E-state index is 12.4. The van der Waals surface area contributed by atoms with Crippen molar-refractivity contribution in [2.45, 2.75) is 25.9 Å². The molecule has 3 rings (SSSR count). The van der Waals surface area contributed by atoms with Gasteiger partial charge in [0.1, 0.15) is 11.8 Å². The van der Waals surface area contributed by atoms with Crippen molar-refractivity contribution in [3.63, 3.8) is 0 Å². The lowest BCUT2D eigenvalue weighted by molar-refractivity contribution is -0.126. The van der Waals surface area contributed by atoms with Crippen molar-refractivity contribution >= 4 is 11.6 Å². The molecule has 1 heterocycles. The molecular weight excluding hydrogens is 304 g/mol. The van der Waals surface area contributed by atoms with E-state index >= 15 is 0 Å². The van der Waals surface area contributed by atoms with E-state index < -0.39 is 6.04 Å². The number of carbonyl (C=O) groups excluding carboxylic acids is 1. The monoisotopic (exact) mass is 322 g/mol. The number of aryl methyl sites for hydroxylation is 1. The average molecular weight is 322 g/mol. The molecule has 0 aliphatic carbocycles. The molecule has 6 nitrogen and oxygen atoms in total. The second-order valence-electron chi connectivity index (χ2n) is 5.64. The van der Waals surface area contributed by atoms with E-state index in [0.29, 0.717) is 6.61 Å². The van der Waals surface area contributed by atoms with E-state index in [0.717, 1.165) is 22.6 Å². The van der Waals surface area contributed by atoms with Crippen molar-refractivity contribution in [3.05, 3.63) is 70.1 Å². The van der Waals surface area contributed by atoms with Gasteiger partial charge in [-0.3, -0.25) is 4.79 Å². The molecule has 2 aromatic carbocycles. The van der Waals surface area contributed by atoms with Crippen LogP contribution in [0.4, 0.5) is 5.69 Å². The fraction of sp³-hybridized carbons (Fsp3) is 0.278. The molecule has 0 N–H and O–H groups in total. The number of azide groups is 1. The van der Waals surface area contributed by atoms with Crippen LogP contribution in [0.15, 0.2) is 53.6 Å². The Bertz CT molecular complexity index is 780. The van der Waals surface area contributed by atoms with E-state index in [-0.39, 0.29) is 11.9 Å². The van der Waals surface area contributed by atoms with Crippen molar-refractivity contribution in [1.82, 2.24) is 0 Å². The number of nitrogens with zero attached hydrogens (tertiary/aromatic N) is 4. The smallest absolute Gasteiger partial charge is 0.239 e. The predicted octanol–water partition coefficient (Wildman–Crippen LogP) is 4.16. The van der Waals surface area contributed by atoms with Gasteiger partial charge in [-0.1, -0.05) is 34.9 Å². The van der Waals surface area contributed by atoms with Crippen LogP contribution < -0.4 is 9.64 Å². The quantitative estimate of drug-likeness (QED) is 0.358. The van der Waals surface area contributed by atoms with Gasteiger partial charge >= 0.3 is 0 Å². The van der Waals surface area contributed by atoms with Crippen molar-refractivity contribution < 1.29 is 9.53 Å². The van der Waals surface area contributed by atoms with Crippen molar-refractivity contribution in [1.29, 1.82) is 0 Å². The van der Waals surface area contributed by atoms with Gasteiger partial charge in [-0.05, 0) is 49.2 Å². The highest BCUT2D eigenvalue weighted by atomic mass is 16.5. The summed E-state index contributed by atoms with van der Waals surface area (Å²) in [5, 5.41) is 3.68. The maximum Gasteiger partial charge on any atom is 0.239 e. The van der Waals surface area contributed by atoms with Gasteiger partial charge in [0.05, 0.1) is 12.6 Å². The van der Waals surface area contributed by atoms with E-state index in [9.17, 15) is 4.79 Å². The Morgan fingerprint density at radius 2 is 1.83 bits per heavy atom. The standard InChI is InChI=1S/C18H18N4O2/c1-3-24-15-10-8-14(9-11-15)22-17(16(18(22)23)20-21-19)13-6-4-12(2)5-7-13/h4-11,16-17H,3H2,1-2H3/t16-,17+/m0/s1. The molecule has 6 heteroatoms. The molecule has 1 amide bonds. The van der Waals surface area contributed by atoms with E-state index in [1.54, 1.807) is 4.90 Å². The molecule has 24 heavy (non-hydrogen) atoms. The molecule has 0 bridgehead atoms. The van der Waals surface area contributed by atoms with Crippen molar-refractivity contribution in [2.75, 3.05) is 11.5 Å². The Balaban J connectivity index is 1.94. The van der Waals surface area contributed by atoms with Crippen LogP contribution >= 0.6 is 0 Å². The van der Waals surface area contributed by atoms with Crippen LogP contribution in [0.5, 0.6) is 5.75 Å². The highest BCUT2D eigenvalue weighted by molar-refractivity contribution is 6.06. The first kappa shape index (κ1) is 15.9. The third kappa shape index (κ3) is 2.79. The summed E-state index contributed by atoms with van der Waals surface area (Å²) in [6.07, 6.45) is 0. The van der Waals surface area contributed by atoms with Gasteiger partial charge < -0.3 is 9.64 Å². The van der Waals surface area contributed by atoms with E-state index in [1.807, 2.05) is 62.4 Å². The highest BCUT2D eigenvalue weighted by Crippen LogP contribution is 2.41. The molecule has 1 aliphatic rings. The van der Waals surface area contributed by atoms with Crippen molar-refractivity contribution in [2.24, 2.45) is 5.11 Å². The summed E-state index contributed by atoms with van der Waals surface area (Å²) in [6, 6.07) is 14.3. The number of β-lactam (4-membered cyclic amide) rings is 1. The molecule has 1 saturated heterocycles. The molecule has 0 aromatic heterocycles. The lowest BCUT2D eigenvalue weighted by Gasteiger charge is -2.45. The van der Waals surface area contributed by atoms with Gasteiger partial charge in [0.25, 0.3) is 0 Å². The summed E-state index contributed by atoms with van der Waals surface area (Å²) in [6.45, 7) is 4.52. The first-order valence-corrected chi connectivity index (χ1v) is 7.82. The van der Waals surface area contributed by atoms with Crippen LogP contribution in [0.2, 0.25) is 0 Å². The van der Waals surface area contributed by atoms with Crippen LogP contribution in [0.3, 0.4) is 0 Å². The molecule has 122 valence electrons. The normalized spacial score (nSPS) is 19.4. The van der Waals surface area contributed by atoms with Crippen LogP contribution in [0.1, 0.15) is 24.1 Å². The second kappa shape index (κ2) is 6.64. The number of anilines is 1. The fourth-order valence-electron chi connectivity index (χ4n) is 2.89. The Hall–Kier alpha value is -2.98.